The van der Waals surface area contributed by atoms with Gasteiger partial charge in [0.25, 0.3) is 5.89 Å². The van der Waals surface area contributed by atoms with Crippen molar-refractivity contribution in [1.29, 1.82) is 0 Å². The highest BCUT2D eigenvalue weighted by Gasteiger charge is 2.14. The number of hydrogen-bond acceptors (Lipinski definition) is 6. The molecule has 2 radical (unpaired) electrons. The lowest BCUT2D eigenvalue weighted by atomic mass is 10.1. The van der Waals surface area contributed by atoms with Gasteiger partial charge in [0, 0.05) is 17.4 Å². The second kappa shape index (κ2) is 4.53. The summed E-state index contributed by atoms with van der Waals surface area (Å²) in [6.07, 6.45) is 1.37. The molecule has 0 bridgehead atoms. The summed E-state index contributed by atoms with van der Waals surface area (Å²) in [5.74, 6) is 0.852. The van der Waals surface area contributed by atoms with E-state index in [2.05, 4.69) is 20.1 Å². The van der Waals surface area contributed by atoms with Gasteiger partial charge in [0.15, 0.2) is 11.5 Å². The number of rotatable bonds is 2. The fourth-order valence-corrected chi connectivity index (χ4v) is 1.59. The van der Waals surface area contributed by atoms with Gasteiger partial charge in [-0.1, -0.05) is 23.4 Å². The number of benzene rings is 1. The summed E-state index contributed by atoms with van der Waals surface area (Å²) in [6, 6.07) is 9.40. The fourth-order valence-electron chi connectivity index (χ4n) is 1.59. The molecule has 2 heterocycles. The third-order valence-corrected chi connectivity index (χ3v) is 2.48. The molecular formula is C12H8BN5O. The highest BCUT2D eigenvalue weighted by atomic mass is 16.5. The van der Waals surface area contributed by atoms with E-state index in [-0.39, 0.29) is 17.2 Å². The molecule has 0 saturated carbocycles. The van der Waals surface area contributed by atoms with Gasteiger partial charge in [0.1, 0.15) is 7.85 Å². The lowest BCUT2D eigenvalue weighted by Crippen LogP contribution is -2.12. The Bertz CT molecular complexity index is 713. The van der Waals surface area contributed by atoms with Gasteiger partial charge in [-0.15, -0.1) is 0 Å². The maximum atomic E-state index is 5.72. The number of nitrogens with two attached hydrogens (primary N) is 1. The van der Waals surface area contributed by atoms with Crippen molar-refractivity contribution in [2.75, 3.05) is 5.73 Å². The van der Waals surface area contributed by atoms with Gasteiger partial charge in [0.2, 0.25) is 5.82 Å². The van der Waals surface area contributed by atoms with Gasteiger partial charge in [-0.05, 0) is 12.1 Å². The molecular weight excluding hydrogens is 241 g/mol. The first kappa shape index (κ1) is 11.4. The Morgan fingerprint density at radius 1 is 1.11 bits per heavy atom. The number of hydrogen-bond donors (Lipinski definition) is 1. The second-order valence-electron chi connectivity index (χ2n) is 3.82. The van der Waals surface area contributed by atoms with E-state index in [1.54, 1.807) is 0 Å². The Kier molecular flexibility index (Phi) is 2.72. The first-order chi connectivity index (χ1) is 9.24. The molecule has 90 valence electrons. The molecule has 6 nitrogen and oxygen atoms in total. The van der Waals surface area contributed by atoms with Crippen LogP contribution in [-0.4, -0.2) is 28.0 Å². The minimum absolute atomic E-state index is 0.203. The van der Waals surface area contributed by atoms with Crippen LogP contribution in [0.4, 0.5) is 5.82 Å². The SMILES string of the molecule is [B]c1cnc(N)c(-c2noc(-c3ccccc3)n2)n1. The normalized spacial score (nSPS) is 10.5. The molecule has 0 amide bonds. The zero-order valence-corrected chi connectivity index (χ0v) is 9.82. The van der Waals surface area contributed by atoms with E-state index < -0.39 is 0 Å². The van der Waals surface area contributed by atoms with E-state index in [1.807, 2.05) is 30.3 Å². The van der Waals surface area contributed by atoms with E-state index in [9.17, 15) is 0 Å². The van der Waals surface area contributed by atoms with Crippen molar-refractivity contribution >= 4 is 19.3 Å². The number of nitrogens with zero attached hydrogens (tertiary/aromatic N) is 4. The van der Waals surface area contributed by atoms with Gasteiger partial charge in [-0.2, -0.15) is 4.98 Å². The Labute approximate surface area is 110 Å². The molecule has 7 heteroatoms. The predicted molar refractivity (Wildman–Crippen MR) is 70.6 cm³/mol. The molecule has 0 aliphatic carbocycles. The Balaban J connectivity index is 2.04. The maximum absolute atomic E-state index is 5.72. The van der Waals surface area contributed by atoms with Crippen molar-refractivity contribution in [1.82, 2.24) is 20.1 Å². The van der Waals surface area contributed by atoms with E-state index >= 15 is 0 Å². The Morgan fingerprint density at radius 3 is 2.68 bits per heavy atom. The summed E-state index contributed by atoms with van der Waals surface area (Å²) in [5.41, 5.74) is 7.09. The molecule has 2 aromatic heterocycles. The zero-order valence-electron chi connectivity index (χ0n) is 9.82. The predicted octanol–water partition coefficient (Wildman–Crippen LogP) is 0.570. The van der Waals surface area contributed by atoms with Gasteiger partial charge in [0.05, 0.1) is 0 Å². The van der Waals surface area contributed by atoms with Crippen molar-refractivity contribution in [2.24, 2.45) is 0 Å². The third kappa shape index (κ3) is 2.17. The van der Waals surface area contributed by atoms with E-state index in [0.29, 0.717) is 11.6 Å². The summed E-state index contributed by atoms with van der Waals surface area (Å²) < 4.78 is 5.17. The van der Waals surface area contributed by atoms with Crippen LogP contribution >= 0.6 is 0 Å². The van der Waals surface area contributed by atoms with Crippen LogP contribution in [0.5, 0.6) is 0 Å². The topological polar surface area (TPSA) is 90.7 Å². The quantitative estimate of drug-likeness (QED) is 0.667. The first-order valence-electron chi connectivity index (χ1n) is 5.51. The minimum Gasteiger partial charge on any atom is -0.382 e. The largest absolute Gasteiger partial charge is 0.382 e. The van der Waals surface area contributed by atoms with E-state index in [4.69, 9.17) is 18.1 Å². The standard InChI is InChI=1S/C12H8BN5O/c13-8-6-15-10(14)9(16-8)11-17-12(19-18-11)7-4-2-1-3-5-7/h1-6H,(H2,14,15). The van der Waals surface area contributed by atoms with Crippen molar-refractivity contribution < 1.29 is 4.52 Å². The van der Waals surface area contributed by atoms with Crippen molar-refractivity contribution in [3.63, 3.8) is 0 Å². The van der Waals surface area contributed by atoms with E-state index in [0.717, 1.165) is 5.56 Å². The Morgan fingerprint density at radius 2 is 1.89 bits per heavy atom. The maximum Gasteiger partial charge on any atom is 0.258 e. The highest BCUT2D eigenvalue weighted by molar-refractivity contribution is 6.30. The zero-order chi connectivity index (χ0) is 13.2. The molecule has 3 aromatic rings. The van der Waals surface area contributed by atoms with Gasteiger partial charge in [-0.3, -0.25) is 4.98 Å². The average Bonchev–Trinajstić information content (AvgIpc) is 2.92. The molecule has 0 aliphatic heterocycles. The number of aromatic nitrogens is 4. The molecule has 0 aliphatic rings. The Hall–Kier alpha value is -2.70. The number of nitrogen functional groups attached to an aromatic ring is 1. The van der Waals surface area contributed by atoms with Crippen molar-refractivity contribution in [3.05, 3.63) is 36.5 Å². The van der Waals surface area contributed by atoms with Crippen LogP contribution in [0.15, 0.2) is 41.1 Å². The molecule has 0 atom stereocenters. The van der Waals surface area contributed by atoms with Gasteiger partial charge >= 0.3 is 0 Å². The van der Waals surface area contributed by atoms with Gasteiger partial charge < -0.3 is 10.3 Å². The minimum atomic E-state index is 0.203. The van der Waals surface area contributed by atoms with Crippen LogP contribution in [0.2, 0.25) is 0 Å². The molecule has 0 saturated heterocycles. The first-order valence-corrected chi connectivity index (χ1v) is 5.51. The van der Waals surface area contributed by atoms with Crippen LogP contribution in [0.25, 0.3) is 23.0 Å². The molecule has 0 fully saturated rings. The third-order valence-electron chi connectivity index (χ3n) is 2.48. The van der Waals surface area contributed by atoms with Crippen LogP contribution in [0.1, 0.15) is 0 Å². The smallest absolute Gasteiger partial charge is 0.258 e. The molecule has 2 N–H and O–H groups in total. The van der Waals surface area contributed by atoms with Crippen LogP contribution in [0, 0.1) is 0 Å². The second-order valence-corrected chi connectivity index (χ2v) is 3.82. The van der Waals surface area contributed by atoms with Gasteiger partial charge in [-0.25, -0.2) is 4.98 Å². The number of anilines is 1. The fraction of sp³-hybridized carbons (Fsp3) is 0. The van der Waals surface area contributed by atoms with Crippen molar-refractivity contribution in [3.8, 4) is 23.0 Å². The lowest BCUT2D eigenvalue weighted by Gasteiger charge is -1.99. The van der Waals surface area contributed by atoms with E-state index in [1.165, 1.54) is 6.20 Å². The molecule has 0 spiro atoms. The molecule has 19 heavy (non-hydrogen) atoms. The van der Waals surface area contributed by atoms with Crippen molar-refractivity contribution in [2.45, 2.75) is 0 Å². The lowest BCUT2D eigenvalue weighted by molar-refractivity contribution is 0.432. The molecule has 0 unspecified atom stereocenters. The summed E-state index contributed by atoms with van der Waals surface area (Å²) >= 11 is 0. The highest BCUT2D eigenvalue weighted by Crippen LogP contribution is 2.22. The van der Waals surface area contributed by atoms with Crippen LogP contribution in [0.3, 0.4) is 0 Å². The average molecular weight is 249 g/mol. The molecule has 1 aromatic carbocycles. The summed E-state index contributed by atoms with van der Waals surface area (Å²) in [4.78, 5) is 12.2. The summed E-state index contributed by atoms with van der Waals surface area (Å²) in [6.45, 7) is 0. The summed E-state index contributed by atoms with van der Waals surface area (Å²) in [7, 11) is 5.57. The monoisotopic (exact) mass is 249 g/mol. The van der Waals surface area contributed by atoms with Crippen LogP contribution in [-0.2, 0) is 0 Å². The summed E-state index contributed by atoms with van der Waals surface area (Å²) in [5, 5.41) is 3.84. The van der Waals surface area contributed by atoms with Crippen LogP contribution < -0.4 is 11.3 Å². The molecule has 3 rings (SSSR count).